The number of anilines is 2. The Kier molecular flexibility index (Phi) is 8.69. The molecule has 15 heteroatoms. The van der Waals surface area contributed by atoms with Crippen LogP contribution in [0.2, 0.25) is 10.0 Å². The molecule has 1 saturated heterocycles. The van der Waals surface area contributed by atoms with E-state index in [9.17, 15) is 18.6 Å². The zero-order valence-corrected chi connectivity index (χ0v) is 26.4. The van der Waals surface area contributed by atoms with Gasteiger partial charge in [-0.15, -0.1) is 0 Å². The lowest BCUT2D eigenvalue weighted by Crippen LogP contribution is -2.47. The number of hydrogen-bond donors (Lipinski definition) is 1. The summed E-state index contributed by atoms with van der Waals surface area (Å²) >= 11 is 12.6. The third-order valence-electron chi connectivity index (χ3n) is 7.79. The lowest BCUT2D eigenvalue weighted by Gasteiger charge is -2.26. The number of fused-ring (bicyclic) bond motifs is 1. The van der Waals surface area contributed by atoms with Gasteiger partial charge in [0.1, 0.15) is 34.4 Å². The van der Waals surface area contributed by atoms with E-state index in [4.69, 9.17) is 28.9 Å². The van der Waals surface area contributed by atoms with Gasteiger partial charge in [-0.2, -0.15) is 0 Å². The molecule has 4 aromatic rings. The largest absolute Gasteiger partial charge is 0.368 e. The number of benzene rings is 2. The quantitative estimate of drug-likeness (QED) is 0.287. The highest BCUT2D eigenvalue weighted by molar-refractivity contribution is 7.82. The van der Waals surface area contributed by atoms with Crippen molar-refractivity contribution in [3.63, 3.8) is 0 Å². The molecule has 0 saturated carbocycles. The van der Waals surface area contributed by atoms with Crippen molar-refractivity contribution in [2.75, 3.05) is 25.0 Å². The van der Waals surface area contributed by atoms with Crippen molar-refractivity contribution in [2.45, 2.75) is 36.4 Å². The average Bonchev–Trinajstić information content (AvgIpc) is 3.73. The summed E-state index contributed by atoms with van der Waals surface area (Å²) in [5.74, 6) is -1.03. The number of hydrogen-bond acceptors (Lipinski definition) is 7. The Morgan fingerprint density at radius 2 is 1.73 bits per heavy atom. The molecule has 232 valence electrons. The highest BCUT2D eigenvalue weighted by Gasteiger charge is 2.44. The molecule has 1 fully saturated rings. The maximum Gasteiger partial charge on any atom is 0.257 e. The van der Waals surface area contributed by atoms with Crippen LogP contribution in [0.1, 0.15) is 24.4 Å². The normalized spacial score (nSPS) is 18.6. The first-order chi connectivity index (χ1) is 21.6. The molecule has 0 radical (unpaired) electrons. The molecular formula is C30H28Cl2N8O4S. The minimum Gasteiger partial charge on any atom is -0.368 e. The Labute approximate surface area is 271 Å². The van der Waals surface area contributed by atoms with Crippen LogP contribution in [0.5, 0.6) is 0 Å². The lowest BCUT2D eigenvalue weighted by molar-refractivity contribution is -0.136. The number of carbonyl (C=O) groups is 3. The predicted octanol–water partition coefficient (Wildman–Crippen LogP) is 3.54. The summed E-state index contributed by atoms with van der Waals surface area (Å²) in [7, 11) is -0.378. The second-order valence-electron chi connectivity index (χ2n) is 10.8. The first kappa shape index (κ1) is 30.8. The van der Waals surface area contributed by atoms with Crippen LogP contribution in [0.4, 0.5) is 11.6 Å². The van der Waals surface area contributed by atoms with Crippen LogP contribution >= 0.6 is 23.2 Å². The second-order valence-corrected chi connectivity index (χ2v) is 13.1. The molecule has 0 bridgehead atoms. The van der Waals surface area contributed by atoms with Crippen molar-refractivity contribution in [2.24, 2.45) is 5.73 Å². The van der Waals surface area contributed by atoms with Gasteiger partial charge < -0.3 is 10.6 Å². The maximum absolute atomic E-state index is 14.2. The zero-order chi connectivity index (χ0) is 31.8. The minimum absolute atomic E-state index is 0.248. The Morgan fingerprint density at radius 3 is 2.40 bits per heavy atom. The van der Waals surface area contributed by atoms with Crippen molar-refractivity contribution in [1.82, 2.24) is 28.7 Å². The molecule has 2 aromatic carbocycles. The van der Waals surface area contributed by atoms with E-state index in [-0.39, 0.29) is 35.8 Å². The summed E-state index contributed by atoms with van der Waals surface area (Å²) in [6, 6.07) is 11.0. The molecule has 4 heterocycles. The summed E-state index contributed by atoms with van der Waals surface area (Å²) in [5, 5.41) is 0.957. The zero-order valence-electron chi connectivity index (χ0n) is 24.0. The maximum atomic E-state index is 14.2. The van der Waals surface area contributed by atoms with Crippen LogP contribution < -0.4 is 10.6 Å². The standard InChI is InChI=1S/C30H28Cl2N8O4S/c1-37(16-26(33)41)28(42)24-3-2-8-38(24)45(44)27-15-36-30-39(23-11-21(31)10-22(32)12-23)29(43)25(40(27)30)9-18-4-6-19(7-5-18)20-13-34-17-35-14-20/h4-7,10-15,17,24-25H,2-3,8-9,16H2,1H3,(H2,33,41)/t24-,25?,45?/m0/s1. The van der Waals surface area contributed by atoms with Crippen LogP contribution in [0.25, 0.3) is 11.1 Å². The number of imidazole rings is 1. The van der Waals surface area contributed by atoms with Crippen molar-refractivity contribution in [1.29, 1.82) is 0 Å². The van der Waals surface area contributed by atoms with E-state index in [1.165, 1.54) is 29.4 Å². The van der Waals surface area contributed by atoms with Gasteiger partial charge in [0.2, 0.25) is 17.8 Å². The molecule has 2 aromatic heterocycles. The van der Waals surface area contributed by atoms with Crippen LogP contribution in [-0.4, -0.2) is 76.8 Å². The first-order valence-corrected chi connectivity index (χ1v) is 15.9. The highest BCUT2D eigenvalue weighted by atomic mass is 35.5. The van der Waals surface area contributed by atoms with Gasteiger partial charge >= 0.3 is 0 Å². The van der Waals surface area contributed by atoms with Gasteiger partial charge in [-0.05, 0) is 42.2 Å². The van der Waals surface area contributed by atoms with E-state index in [0.29, 0.717) is 35.1 Å². The van der Waals surface area contributed by atoms with Crippen LogP contribution in [0, 0.1) is 0 Å². The number of aromatic nitrogens is 4. The summed E-state index contributed by atoms with van der Waals surface area (Å²) in [6.45, 7) is 0.131. The molecule has 12 nitrogen and oxygen atoms in total. The SMILES string of the molecule is CN(CC(N)=O)C(=O)[C@@H]1CCCN1S(=O)c1cnc2n1C(Cc1ccc(-c3cncnc3)cc1)C(=O)N2c1cc(Cl)cc(Cl)c1. The molecule has 2 aliphatic rings. The van der Waals surface area contributed by atoms with E-state index < -0.39 is 29.0 Å². The Balaban J connectivity index is 1.36. The molecule has 3 amide bonds. The number of likely N-dealkylation sites (N-methyl/N-ethyl adjacent to an activating group) is 1. The molecule has 2 unspecified atom stereocenters. The first-order valence-electron chi connectivity index (χ1n) is 14.1. The molecule has 2 N–H and O–H groups in total. The third-order valence-corrected chi connectivity index (χ3v) is 9.75. The summed E-state index contributed by atoms with van der Waals surface area (Å²) in [6.07, 6.45) is 7.73. The second kappa shape index (κ2) is 12.7. The Morgan fingerprint density at radius 1 is 1.04 bits per heavy atom. The van der Waals surface area contributed by atoms with Gasteiger partial charge in [0.15, 0.2) is 0 Å². The van der Waals surface area contributed by atoms with Crippen molar-refractivity contribution in [3.8, 4) is 11.1 Å². The van der Waals surface area contributed by atoms with Crippen LogP contribution in [-0.2, 0) is 31.8 Å². The number of nitrogens with zero attached hydrogens (tertiary/aromatic N) is 7. The monoisotopic (exact) mass is 666 g/mol. The number of halogens is 2. The lowest BCUT2D eigenvalue weighted by atomic mass is 10.0. The van der Waals surface area contributed by atoms with E-state index in [0.717, 1.165) is 16.7 Å². The fourth-order valence-corrected chi connectivity index (χ4v) is 7.74. The predicted molar refractivity (Wildman–Crippen MR) is 169 cm³/mol. The number of nitrogens with two attached hydrogens (primary N) is 1. The molecule has 0 aliphatic carbocycles. The molecule has 6 rings (SSSR count). The van der Waals surface area contributed by atoms with Gasteiger partial charge in [0.05, 0.1) is 18.4 Å². The van der Waals surface area contributed by atoms with Gasteiger partial charge in [-0.25, -0.2) is 28.4 Å². The number of primary amides is 1. The molecular weight excluding hydrogens is 639 g/mol. The van der Waals surface area contributed by atoms with Gasteiger partial charge in [-0.1, -0.05) is 47.5 Å². The van der Waals surface area contributed by atoms with Crippen molar-refractivity contribution in [3.05, 3.63) is 83.0 Å². The summed E-state index contributed by atoms with van der Waals surface area (Å²) in [4.78, 5) is 54.2. The fraction of sp³-hybridized carbons (Fsp3) is 0.267. The number of rotatable bonds is 9. The molecule has 45 heavy (non-hydrogen) atoms. The Hall–Kier alpha value is -4.17. The number of amides is 3. The van der Waals surface area contributed by atoms with Gasteiger partial charge in [-0.3, -0.25) is 19.0 Å². The summed E-state index contributed by atoms with van der Waals surface area (Å²) in [5.41, 5.74) is 8.35. The van der Waals surface area contributed by atoms with Gasteiger partial charge in [0, 0.05) is 48.0 Å². The van der Waals surface area contributed by atoms with Crippen LogP contribution in [0.3, 0.4) is 0 Å². The Bertz CT molecular complexity index is 1780. The fourth-order valence-electron chi connectivity index (χ4n) is 5.75. The van der Waals surface area contributed by atoms with E-state index >= 15 is 0 Å². The molecule has 0 spiro atoms. The van der Waals surface area contributed by atoms with E-state index in [1.54, 1.807) is 39.5 Å². The van der Waals surface area contributed by atoms with Gasteiger partial charge in [0.25, 0.3) is 5.91 Å². The molecule has 3 atom stereocenters. The molecule has 2 aliphatic heterocycles. The third kappa shape index (κ3) is 6.08. The topological polar surface area (TPSA) is 148 Å². The number of carbonyl (C=O) groups excluding carboxylic acids is 3. The van der Waals surface area contributed by atoms with Crippen LogP contribution in [0.15, 0.2) is 72.4 Å². The highest BCUT2D eigenvalue weighted by Crippen LogP contribution is 2.42. The van der Waals surface area contributed by atoms with E-state index in [1.807, 2.05) is 24.3 Å². The van der Waals surface area contributed by atoms with E-state index in [2.05, 4.69) is 15.0 Å². The average molecular weight is 668 g/mol. The smallest absolute Gasteiger partial charge is 0.257 e. The minimum atomic E-state index is -1.87. The van der Waals surface area contributed by atoms with Crippen molar-refractivity contribution >= 4 is 63.5 Å². The summed E-state index contributed by atoms with van der Waals surface area (Å²) < 4.78 is 17.5. The van der Waals surface area contributed by atoms with Crippen molar-refractivity contribution < 1.29 is 18.6 Å².